The van der Waals surface area contributed by atoms with Gasteiger partial charge in [0.2, 0.25) is 5.91 Å². The van der Waals surface area contributed by atoms with E-state index in [1.165, 1.54) is 0 Å². The molecule has 0 bridgehead atoms. The summed E-state index contributed by atoms with van der Waals surface area (Å²) in [6.45, 7) is 7.58. The van der Waals surface area contributed by atoms with Crippen molar-refractivity contribution in [2.24, 2.45) is 5.41 Å². The van der Waals surface area contributed by atoms with Crippen LogP contribution in [0.3, 0.4) is 0 Å². The summed E-state index contributed by atoms with van der Waals surface area (Å²) >= 11 is 0. The van der Waals surface area contributed by atoms with Gasteiger partial charge in [-0.25, -0.2) is 4.79 Å². The van der Waals surface area contributed by atoms with Crippen LogP contribution in [-0.2, 0) is 16.0 Å². The largest absolute Gasteiger partial charge is 0.380 e. The van der Waals surface area contributed by atoms with Crippen molar-refractivity contribution in [2.45, 2.75) is 27.2 Å². The molecule has 0 saturated carbocycles. The Balaban J connectivity index is 1.97. The number of rotatable bonds is 4. The van der Waals surface area contributed by atoms with Crippen molar-refractivity contribution in [3.8, 4) is 0 Å². The third kappa shape index (κ3) is 3.20. The van der Waals surface area contributed by atoms with Crippen molar-refractivity contribution < 1.29 is 9.53 Å². The van der Waals surface area contributed by atoms with Gasteiger partial charge in [0.15, 0.2) is 0 Å². The molecule has 0 atom stereocenters. The van der Waals surface area contributed by atoms with Gasteiger partial charge < -0.3 is 15.0 Å². The molecule has 0 spiro atoms. The molecule has 1 aliphatic heterocycles. The Kier molecular flexibility index (Phi) is 3.71. The zero-order valence-electron chi connectivity index (χ0n) is 11.5. The Hall–Kier alpha value is -1.69. The minimum Gasteiger partial charge on any atom is -0.380 e. The Morgan fingerprint density at radius 1 is 1.47 bits per heavy atom. The number of aryl methyl sites for hydroxylation is 2. The Labute approximate surface area is 111 Å². The highest BCUT2D eigenvalue weighted by molar-refractivity contribution is 5.79. The lowest BCUT2D eigenvalue weighted by Crippen LogP contribution is -2.48. The number of carbonyl (C=O) groups is 1. The predicted molar refractivity (Wildman–Crippen MR) is 70.0 cm³/mol. The van der Waals surface area contributed by atoms with Gasteiger partial charge >= 0.3 is 5.69 Å². The molecule has 2 rings (SSSR count). The van der Waals surface area contributed by atoms with Crippen LogP contribution in [-0.4, -0.2) is 35.6 Å². The highest BCUT2D eigenvalue weighted by Gasteiger charge is 2.33. The number of aromatic amines is 1. The molecule has 104 valence electrons. The molecule has 1 aromatic heterocycles. The van der Waals surface area contributed by atoms with E-state index >= 15 is 0 Å². The minimum absolute atomic E-state index is 0.0585. The van der Waals surface area contributed by atoms with Crippen LogP contribution in [0.25, 0.3) is 0 Å². The molecular weight excluding hydrogens is 246 g/mol. The summed E-state index contributed by atoms with van der Waals surface area (Å²) in [5.41, 5.74) is 1.77. The Bertz CT molecular complexity index is 520. The van der Waals surface area contributed by atoms with Crippen LogP contribution >= 0.6 is 0 Å². The lowest BCUT2D eigenvalue weighted by molar-refractivity contribution is -0.126. The van der Waals surface area contributed by atoms with Crippen molar-refractivity contribution in [1.82, 2.24) is 15.3 Å². The number of H-pyrrole nitrogens is 1. The van der Waals surface area contributed by atoms with Crippen LogP contribution in [0.5, 0.6) is 0 Å². The molecule has 2 heterocycles. The van der Waals surface area contributed by atoms with E-state index in [1.54, 1.807) is 13.8 Å². The van der Waals surface area contributed by atoms with E-state index in [0.29, 0.717) is 31.1 Å². The Morgan fingerprint density at radius 2 is 2.16 bits per heavy atom. The topological polar surface area (TPSA) is 84.1 Å². The third-order valence-electron chi connectivity index (χ3n) is 3.40. The second-order valence-electron chi connectivity index (χ2n) is 5.49. The number of carbonyl (C=O) groups excluding carboxylic acids is 1. The molecule has 1 saturated heterocycles. The van der Waals surface area contributed by atoms with E-state index in [0.717, 1.165) is 5.56 Å². The molecule has 0 unspecified atom stereocenters. The number of aromatic nitrogens is 2. The van der Waals surface area contributed by atoms with Crippen molar-refractivity contribution in [2.75, 3.05) is 19.8 Å². The molecule has 19 heavy (non-hydrogen) atoms. The SMILES string of the molecule is Cc1nc(=O)[nH]c(C)c1CC(=O)NCC1(C)COC1. The van der Waals surface area contributed by atoms with E-state index < -0.39 is 0 Å². The fourth-order valence-corrected chi connectivity index (χ4v) is 2.10. The normalized spacial score (nSPS) is 16.8. The fourth-order valence-electron chi connectivity index (χ4n) is 2.10. The first-order chi connectivity index (χ1) is 8.89. The number of ether oxygens (including phenoxy) is 1. The van der Waals surface area contributed by atoms with E-state index in [-0.39, 0.29) is 23.4 Å². The first kappa shape index (κ1) is 13.7. The second-order valence-corrected chi connectivity index (χ2v) is 5.49. The van der Waals surface area contributed by atoms with Crippen LogP contribution in [0.1, 0.15) is 23.9 Å². The number of hydrogen-bond donors (Lipinski definition) is 2. The summed E-state index contributed by atoms with van der Waals surface area (Å²) in [6.07, 6.45) is 0.235. The van der Waals surface area contributed by atoms with Crippen LogP contribution < -0.4 is 11.0 Å². The maximum atomic E-state index is 11.9. The summed E-state index contributed by atoms with van der Waals surface area (Å²) in [7, 11) is 0. The van der Waals surface area contributed by atoms with Gasteiger partial charge in [0.05, 0.1) is 19.6 Å². The quantitative estimate of drug-likeness (QED) is 0.807. The molecule has 0 aliphatic carbocycles. The zero-order chi connectivity index (χ0) is 14.0. The van der Waals surface area contributed by atoms with Gasteiger partial charge in [-0.2, -0.15) is 4.98 Å². The maximum absolute atomic E-state index is 11.9. The second kappa shape index (κ2) is 5.13. The van der Waals surface area contributed by atoms with E-state index in [9.17, 15) is 9.59 Å². The fraction of sp³-hybridized carbons (Fsp3) is 0.615. The Morgan fingerprint density at radius 3 is 2.68 bits per heavy atom. The van der Waals surface area contributed by atoms with Crippen LogP contribution in [0, 0.1) is 19.3 Å². The predicted octanol–water partition coefficient (Wildman–Crippen LogP) is 0.0819. The smallest absolute Gasteiger partial charge is 0.345 e. The lowest BCUT2D eigenvalue weighted by Gasteiger charge is -2.38. The molecule has 1 amide bonds. The van der Waals surface area contributed by atoms with Gasteiger partial charge in [0, 0.05) is 28.9 Å². The maximum Gasteiger partial charge on any atom is 0.345 e. The van der Waals surface area contributed by atoms with Gasteiger partial charge in [-0.15, -0.1) is 0 Å². The van der Waals surface area contributed by atoms with Crippen molar-refractivity contribution >= 4 is 5.91 Å². The minimum atomic E-state index is -0.377. The van der Waals surface area contributed by atoms with Crippen molar-refractivity contribution in [3.05, 3.63) is 27.4 Å². The number of nitrogens with one attached hydrogen (secondary N) is 2. The third-order valence-corrected chi connectivity index (χ3v) is 3.40. The first-order valence-electron chi connectivity index (χ1n) is 6.30. The highest BCUT2D eigenvalue weighted by Crippen LogP contribution is 2.25. The number of hydrogen-bond acceptors (Lipinski definition) is 4. The van der Waals surface area contributed by atoms with E-state index in [2.05, 4.69) is 22.2 Å². The van der Waals surface area contributed by atoms with Gasteiger partial charge in [0.1, 0.15) is 0 Å². The molecule has 2 N–H and O–H groups in total. The lowest BCUT2D eigenvalue weighted by atomic mass is 9.88. The van der Waals surface area contributed by atoms with Crippen molar-refractivity contribution in [1.29, 1.82) is 0 Å². The molecule has 0 radical (unpaired) electrons. The van der Waals surface area contributed by atoms with Gasteiger partial charge in [-0.05, 0) is 13.8 Å². The molecule has 1 fully saturated rings. The number of amides is 1. The molecule has 6 heteroatoms. The van der Waals surface area contributed by atoms with Crippen LogP contribution in [0.15, 0.2) is 4.79 Å². The van der Waals surface area contributed by atoms with Crippen LogP contribution in [0.4, 0.5) is 0 Å². The molecular formula is C13H19N3O3. The average molecular weight is 265 g/mol. The zero-order valence-corrected chi connectivity index (χ0v) is 11.5. The van der Waals surface area contributed by atoms with Gasteiger partial charge in [-0.3, -0.25) is 4.79 Å². The average Bonchev–Trinajstić information content (AvgIpc) is 2.28. The number of nitrogens with zero attached hydrogens (tertiary/aromatic N) is 1. The highest BCUT2D eigenvalue weighted by atomic mass is 16.5. The summed E-state index contributed by atoms with van der Waals surface area (Å²) in [5, 5.41) is 2.90. The van der Waals surface area contributed by atoms with Crippen molar-refractivity contribution in [3.63, 3.8) is 0 Å². The summed E-state index contributed by atoms with van der Waals surface area (Å²) in [4.78, 5) is 29.5. The monoisotopic (exact) mass is 265 g/mol. The standard InChI is InChI=1S/C13H19N3O3/c1-8-10(9(2)16-12(18)15-8)4-11(17)14-5-13(3)6-19-7-13/h4-7H2,1-3H3,(H,14,17)(H,15,16,18). The molecule has 6 nitrogen and oxygen atoms in total. The summed E-state index contributed by atoms with van der Waals surface area (Å²) in [5.74, 6) is -0.0619. The van der Waals surface area contributed by atoms with E-state index in [1.807, 2.05) is 0 Å². The summed E-state index contributed by atoms with van der Waals surface area (Å²) < 4.78 is 5.14. The van der Waals surface area contributed by atoms with E-state index in [4.69, 9.17) is 4.74 Å². The molecule has 1 aliphatic rings. The molecule has 0 aromatic carbocycles. The first-order valence-corrected chi connectivity index (χ1v) is 6.30. The molecule has 1 aromatic rings. The van der Waals surface area contributed by atoms with Gasteiger partial charge in [0.25, 0.3) is 0 Å². The summed E-state index contributed by atoms with van der Waals surface area (Å²) in [6, 6.07) is 0. The van der Waals surface area contributed by atoms with Crippen LogP contribution in [0.2, 0.25) is 0 Å². The van der Waals surface area contributed by atoms with Gasteiger partial charge in [-0.1, -0.05) is 6.92 Å².